The summed E-state index contributed by atoms with van der Waals surface area (Å²) in [5.74, 6) is 0.335. The molecule has 1 atom stereocenters. The summed E-state index contributed by atoms with van der Waals surface area (Å²) in [6.07, 6.45) is 0. The normalized spacial score (nSPS) is 16.5. The zero-order valence-electron chi connectivity index (χ0n) is 14.2. The Balaban J connectivity index is 1.53. The highest BCUT2D eigenvalue weighted by Gasteiger charge is 2.29. The second kappa shape index (κ2) is 7.89. The number of amides is 1. The lowest BCUT2D eigenvalue weighted by Gasteiger charge is -2.36. The number of anilines is 2. The molecular weight excluding hydrogens is 382 g/mol. The van der Waals surface area contributed by atoms with Crippen molar-refractivity contribution in [3.63, 3.8) is 0 Å². The van der Waals surface area contributed by atoms with E-state index in [1.165, 1.54) is 4.90 Å². The number of carbonyl (C=O) groups is 1. The molecule has 0 bridgehead atoms. The fraction of sp³-hybridized carbons (Fsp3) is 0.316. The van der Waals surface area contributed by atoms with Crippen molar-refractivity contribution >= 4 is 33.2 Å². The van der Waals surface area contributed by atoms with Crippen LogP contribution in [-0.4, -0.2) is 43.2 Å². The molecule has 0 spiro atoms. The summed E-state index contributed by atoms with van der Waals surface area (Å²) in [5, 5.41) is 12.4. The van der Waals surface area contributed by atoms with Crippen molar-refractivity contribution < 1.29 is 14.8 Å². The van der Waals surface area contributed by atoms with Gasteiger partial charge in [-0.05, 0) is 55.5 Å². The quantitative estimate of drug-likeness (QED) is 0.728. The number of rotatable bonds is 4. The number of hydrogen-bond acceptors (Lipinski definition) is 3. The average Bonchev–Trinajstić information content (AvgIpc) is 2.64. The van der Waals surface area contributed by atoms with E-state index in [-0.39, 0.29) is 17.7 Å². The van der Waals surface area contributed by atoms with Crippen LogP contribution in [0.3, 0.4) is 0 Å². The molecule has 3 rings (SSSR count). The summed E-state index contributed by atoms with van der Waals surface area (Å²) in [7, 11) is 0. The lowest BCUT2D eigenvalue weighted by atomic mass is 10.2. The molecule has 0 radical (unpaired) electrons. The molecule has 3 N–H and O–H groups in total. The van der Waals surface area contributed by atoms with Crippen LogP contribution in [0, 0.1) is 0 Å². The van der Waals surface area contributed by atoms with Crippen LogP contribution in [0.1, 0.15) is 6.92 Å². The van der Waals surface area contributed by atoms with E-state index in [2.05, 4.69) is 26.1 Å². The Kier molecular flexibility index (Phi) is 5.60. The van der Waals surface area contributed by atoms with E-state index in [1.807, 2.05) is 43.3 Å². The summed E-state index contributed by atoms with van der Waals surface area (Å²) in [5.41, 5.74) is 1.94. The fourth-order valence-corrected chi connectivity index (χ4v) is 3.38. The lowest BCUT2D eigenvalue weighted by Crippen LogP contribution is -3.19. The van der Waals surface area contributed by atoms with E-state index >= 15 is 0 Å². The third-order valence-electron chi connectivity index (χ3n) is 4.74. The van der Waals surface area contributed by atoms with Crippen LogP contribution < -0.4 is 15.1 Å². The maximum Gasteiger partial charge on any atom is 0.282 e. The first-order chi connectivity index (χ1) is 12.0. The molecule has 0 unspecified atom stereocenters. The van der Waals surface area contributed by atoms with Crippen molar-refractivity contribution in [2.24, 2.45) is 0 Å². The molecule has 2 aromatic rings. The van der Waals surface area contributed by atoms with Gasteiger partial charge in [-0.2, -0.15) is 0 Å². The van der Waals surface area contributed by atoms with Gasteiger partial charge >= 0.3 is 0 Å². The molecule has 1 aliphatic rings. The molecule has 132 valence electrons. The van der Waals surface area contributed by atoms with Crippen LogP contribution in [-0.2, 0) is 4.79 Å². The molecule has 1 heterocycles. The number of carbonyl (C=O) groups excluding carboxylic acids is 1. The first-order valence-electron chi connectivity index (χ1n) is 8.48. The van der Waals surface area contributed by atoms with Crippen molar-refractivity contribution in [3.8, 4) is 5.75 Å². The molecule has 0 aromatic heterocycles. The number of phenolic OH excluding ortho intramolecular Hbond substituents is 1. The number of phenols is 1. The summed E-state index contributed by atoms with van der Waals surface area (Å²) in [4.78, 5) is 16.1. The third kappa shape index (κ3) is 4.52. The minimum Gasteiger partial charge on any atom is -0.508 e. The topological polar surface area (TPSA) is 57.0 Å². The van der Waals surface area contributed by atoms with Gasteiger partial charge in [-0.3, -0.25) is 4.79 Å². The first kappa shape index (κ1) is 17.8. The predicted octanol–water partition coefficient (Wildman–Crippen LogP) is 1.89. The maximum absolute atomic E-state index is 12.5. The summed E-state index contributed by atoms with van der Waals surface area (Å²) < 4.78 is 0.995. The Bertz CT molecular complexity index is 710. The van der Waals surface area contributed by atoms with Crippen LogP contribution in [0.2, 0.25) is 0 Å². The van der Waals surface area contributed by atoms with Crippen molar-refractivity contribution in [1.82, 2.24) is 0 Å². The van der Waals surface area contributed by atoms with Crippen molar-refractivity contribution in [2.45, 2.75) is 13.0 Å². The molecule has 0 saturated carbocycles. The molecule has 5 nitrogen and oxygen atoms in total. The molecule has 1 fully saturated rings. The van der Waals surface area contributed by atoms with E-state index in [0.717, 1.165) is 42.0 Å². The molecule has 1 aliphatic heterocycles. The molecule has 2 aromatic carbocycles. The second-order valence-corrected chi connectivity index (χ2v) is 7.30. The highest BCUT2D eigenvalue weighted by molar-refractivity contribution is 9.10. The number of quaternary nitrogens is 1. The van der Waals surface area contributed by atoms with E-state index in [0.29, 0.717) is 0 Å². The van der Waals surface area contributed by atoms with Gasteiger partial charge in [-0.1, -0.05) is 15.9 Å². The molecule has 6 heteroatoms. The van der Waals surface area contributed by atoms with Crippen molar-refractivity contribution in [2.75, 3.05) is 36.4 Å². The van der Waals surface area contributed by atoms with Crippen molar-refractivity contribution in [1.29, 1.82) is 0 Å². The van der Waals surface area contributed by atoms with E-state index in [1.54, 1.807) is 12.1 Å². The van der Waals surface area contributed by atoms with Crippen LogP contribution >= 0.6 is 15.9 Å². The predicted molar refractivity (Wildman–Crippen MR) is 103 cm³/mol. The smallest absolute Gasteiger partial charge is 0.282 e. The maximum atomic E-state index is 12.5. The number of nitrogens with zero attached hydrogens (tertiary/aromatic N) is 1. The van der Waals surface area contributed by atoms with Gasteiger partial charge in [0.05, 0.1) is 26.2 Å². The van der Waals surface area contributed by atoms with Gasteiger partial charge in [0.25, 0.3) is 5.91 Å². The molecule has 1 amide bonds. The second-order valence-electron chi connectivity index (χ2n) is 6.38. The van der Waals surface area contributed by atoms with Gasteiger partial charge in [0.15, 0.2) is 6.04 Å². The minimum atomic E-state index is -0.0920. The number of halogens is 1. The van der Waals surface area contributed by atoms with Gasteiger partial charge in [0, 0.05) is 15.8 Å². The monoisotopic (exact) mass is 404 g/mol. The lowest BCUT2D eigenvalue weighted by molar-refractivity contribution is -0.914. The summed E-state index contributed by atoms with van der Waals surface area (Å²) >= 11 is 3.40. The number of nitrogens with one attached hydrogen (secondary N) is 2. The molecule has 25 heavy (non-hydrogen) atoms. The average molecular weight is 405 g/mol. The van der Waals surface area contributed by atoms with Gasteiger partial charge in [0.1, 0.15) is 5.75 Å². The Morgan fingerprint density at radius 3 is 2.32 bits per heavy atom. The van der Waals surface area contributed by atoms with Gasteiger partial charge in [-0.25, -0.2) is 0 Å². The molecule has 0 aliphatic carbocycles. The zero-order chi connectivity index (χ0) is 17.8. The molecular formula is C19H23BrN3O2+. The Morgan fingerprint density at radius 2 is 1.72 bits per heavy atom. The minimum absolute atomic E-state index is 0.0513. The highest BCUT2D eigenvalue weighted by Crippen LogP contribution is 2.18. The molecule has 1 saturated heterocycles. The van der Waals surface area contributed by atoms with Gasteiger partial charge < -0.3 is 20.2 Å². The fourth-order valence-electron chi connectivity index (χ4n) is 3.12. The SMILES string of the molecule is C[C@H](C(=O)Nc1ccc(Br)cc1)[NH+]1CCN(c2ccc(O)cc2)CC1. The number of benzene rings is 2. The Labute approximate surface area is 156 Å². The van der Waals surface area contributed by atoms with Crippen LogP contribution in [0.5, 0.6) is 5.75 Å². The van der Waals surface area contributed by atoms with Gasteiger partial charge in [0.2, 0.25) is 0 Å². The number of aromatic hydroxyl groups is 1. The van der Waals surface area contributed by atoms with Crippen LogP contribution in [0.15, 0.2) is 53.0 Å². The third-order valence-corrected chi connectivity index (χ3v) is 5.27. The van der Waals surface area contributed by atoms with Crippen molar-refractivity contribution in [3.05, 3.63) is 53.0 Å². The Morgan fingerprint density at radius 1 is 1.12 bits per heavy atom. The largest absolute Gasteiger partial charge is 0.508 e. The van der Waals surface area contributed by atoms with Crippen LogP contribution in [0.4, 0.5) is 11.4 Å². The standard InChI is InChI=1S/C19H22BrN3O2/c1-14(19(25)21-16-4-2-15(20)3-5-16)22-10-12-23(13-11-22)17-6-8-18(24)9-7-17/h2-9,14,24H,10-13H2,1H3,(H,21,25)/p+1/t14-/m1/s1. The zero-order valence-corrected chi connectivity index (χ0v) is 15.8. The van der Waals surface area contributed by atoms with E-state index < -0.39 is 0 Å². The Hall–Kier alpha value is -2.05. The van der Waals surface area contributed by atoms with Gasteiger partial charge in [-0.15, -0.1) is 0 Å². The van der Waals surface area contributed by atoms with E-state index in [9.17, 15) is 9.90 Å². The number of hydrogen-bond donors (Lipinski definition) is 3. The first-order valence-corrected chi connectivity index (χ1v) is 9.27. The highest BCUT2D eigenvalue weighted by atomic mass is 79.9. The summed E-state index contributed by atoms with van der Waals surface area (Å²) in [6.45, 7) is 5.61. The van der Waals surface area contributed by atoms with Crippen LogP contribution in [0.25, 0.3) is 0 Å². The van der Waals surface area contributed by atoms with E-state index in [4.69, 9.17) is 0 Å². The summed E-state index contributed by atoms with van der Waals surface area (Å²) in [6, 6.07) is 14.8. The number of piperazine rings is 1.